The van der Waals surface area contributed by atoms with Crippen LogP contribution in [-0.2, 0) is 9.53 Å². The van der Waals surface area contributed by atoms with Gasteiger partial charge in [-0.25, -0.2) is 9.59 Å². The van der Waals surface area contributed by atoms with Crippen LogP contribution in [0.15, 0.2) is 78.9 Å². The maximum atomic E-state index is 12.3. The quantitative estimate of drug-likeness (QED) is 0.382. The molecular formula is C27H25NO6. The van der Waals surface area contributed by atoms with Crippen LogP contribution in [0.5, 0.6) is 0 Å². The van der Waals surface area contributed by atoms with Crippen molar-refractivity contribution in [1.29, 1.82) is 0 Å². The molecule has 0 spiro atoms. The van der Waals surface area contributed by atoms with E-state index in [-0.39, 0.29) is 19.1 Å². The third kappa shape index (κ3) is 5.01. The molecule has 4 rings (SSSR count). The summed E-state index contributed by atoms with van der Waals surface area (Å²) in [7, 11) is 0. The maximum absolute atomic E-state index is 12.3. The zero-order valence-corrected chi connectivity index (χ0v) is 18.3. The number of amides is 1. The van der Waals surface area contributed by atoms with Crippen molar-refractivity contribution in [2.24, 2.45) is 0 Å². The van der Waals surface area contributed by atoms with Crippen molar-refractivity contribution in [3.05, 3.63) is 101 Å². The molecule has 4 N–H and O–H groups in total. The number of carbonyl (C=O) groups is 2. The molecule has 0 aromatic heterocycles. The molecule has 2 unspecified atom stereocenters. The molecule has 2 atom stereocenters. The molecule has 0 fully saturated rings. The summed E-state index contributed by atoms with van der Waals surface area (Å²) in [5, 5.41) is 32.3. The minimum atomic E-state index is -1.33. The van der Waals surface area contributed by atoms with E-state index in [9.17, 15) is 19.8 Å². The first kappa shape index (κ1) is 23.2. The van der Waals surface area contributed by atoms with E-state index < -0.39 is 24.3 Å². The Hall–Kier alpha value is -3.94. The number of carboxylic acid groups (broad SMARTS) is 1. The van der Waals surface area contributed by atoms with Crippen molar-refractivity contribution in [2.45, 2.75) is 18.1 Å². The highest BCUT2D eigenvalue weighted by atomic mass is 16.5. The van der Waals surface area contributed by atoms with Crippen LogP contribution in [0.2, 0.25) is 0 Å². The predicted octanol–water partition coefficient (Wildman–Crippen LogP) is 3.72. The average Bonchev–Trinajstić information content (AvgIpc) is 3.18. The van der Waals surface area contributed by atoms with E-state index in [4.69, 9.17) is 9.84 Å². The van der Waals surface area contributed by atoms with Crippen LogP contribution in [0.25, 0.3) is 17.2 Å². The first-order chi connectivity index (χ1) is 16.5. The highest BCUT2D eigenvalue weighted by Gasteiger charge is 2.29. The summed E-state index contributed by atoms with van der Waals surface area (Å²) in [4.78, 5) is 23.1. The van der Waals surface area contributed by atoms with Gasteiger partial charge in [0, 0.05) is 18.5 Å². The molecular weight excluding hydrogens is 434 g/mol. The smallest absolute Gasteiger partial charge is 0.407 e. The molecule has 0 saturated carbocycles. The van der Waals surface area contributed by atoms with E-state index in [0.29, 0.717) is 11.1 Å². The lowest BCUT2D eigenvalue weighted by atomic mass is 9.98. The van der Waals surface area contributed by atoms with Gasteiger partial charge in [0.25, 0.3) is 0 Å². The number of fused-ring (bicyclic) bond motifs is 3. The number of carboxylic acids is 1. The molecule has 1 amide bonds. The molecule has 0 bridgehead atoms. The van der Waals surface area contributed by atoms with E-state index in [2.05, 4.69) is 17.4 Å². The first-order valence-electron chi connectivity index (χ1n) is 10.9. The third-order valence-electron chi connectivity index (χ3n) is 5.88. The molecule has 174 valence electrons. The number of benzene rings is 3. The Morgan fingerprint density at radius 2 is 1.50 bits per heavy atom. The number of alkyl carbamates (subject to hydrolysis) is 1. The summed E-state index contributed by atoms with van der Waals surface area (Å²) in [6, 6.07) is 22.6. The van der Waals surface area contributed by atoms with Crippen molar-refractivity contribution in [2.75, 3.05) is 13.2 Å². The fourth-order valence-corrected chi connectivity index (χ4v) is 4.25. The van der Waals surface area contributed by atoms with E-state index in [0.717, 1.165) is 28.3 Å². The van der Waals surface area contributed by atoms with Crippen molar-refractivity contribution in [3.8, 4) is 11.1 Å². The summed E-state index contributed by atoms with van der Waals surface area (Å²) in [5.41, 5.74) is 5.25. The normalized spacial score (nSPS) is 14.3. The van der Waals surface area contributed by atoms with Gasteiger partial charge in [0.15, 0.2) is 0 Å². The van der Waals surface area contributed by atoms with Gasteiger partial charge in [-0.1, -0.05) is 72.8 Å². The summed E-state index contributed by atoms with van der Waals surface area (Å²) < 4.78 is 5.44. The highest BCUT2D eigenvalue weighted by molar-refractivity contribution is 5.85. The summed E-state index contributed by atoms with van der Waals surface area (Å²) in [6.45, 7) is -0.101. The SMILES string of the molecule is O=C(O)/C=C/c1ccccc1C(O)C(O)CNC(=O)OCC1c2ccccc2-c2ccccc21. The monoisotopic (exact) mass is 459 g/mol. The van der Waals surface area contributed by atoms with Crippen LogP contribution in [0, 0.1) is 0 Å². The van der Waals surface area contributed by atoms with Crippen LogP contribution in [0.1, 0.15) is 34.3 Å². The van der Waals surface area contributed by atoms with Crippen LogP contribution in [0.3, 0.4) is 0 Å². The molecule has 0 radical (unpaired) electrons. The second-order valence-corrected chi connectivity index (χ2v) is 8.02. The first-order valence-corrected chi connectivity index (χ1v) is 10.9. The second kappa shape index (κ2) is 10.3. The fourth-order valence-electron chi connectivity index (χ4n) is 4.25. The van der Waals surface area contributed by atoms with Gasteiger partial charge in [-0.3, -0.25) is 0 Å². The topological polar surface area (TPSA) is 116 Å². The van der Waals surface area contributed by atoms with Crippen LogP contribution in [-0.4, -0.2) is 46.6 Å². The number of hydrogen-bond acceptors (Lipinski definition) is 5. The summed E-state index contributed by atoms with van der Waals surface area (Å²) in [6.07, 6.45) is -1.06. The molecule has 3 aromatic rings. The number of aliphatic hydroxyl groups is 2. The van der Waals surface area contributed by atoms with Crippen LogP contribution >= 0.6 is 0 Å². The third-order valence-corrected chi connectivity index (χ3v) is 5.88. The van der Waals surface area contributed by atoms with Crippen molar-refractivity contribution < 1.29 is 29.6 Å². The number of aliphatic carboxylic acids is 1. The number of aliphatic hydroxyl groups excluding tert-OH is 2. The van der Waals surface area contributed by atoms with Gasteiger partial charge in [-0.05, 0) is 39.5 Å². The second-order valence-electron chi connectivity index (χ2n) is 8.02. The zero-order valence-electron chi connectivity index (χ0n) is 18.3. The Labute approximate surface area is 197 Å². The molecule has 0 heterocycles. The Balaban J connectivity index is 1.35. The number of carbonyl (C=O) groups excluding carboxylic acids is 1. The largest absolute Gasteiger partial charge is 0.478 e. The molecule has 3 aromatic carbocycles. The molecule has 1 aliphatic carbocycles. The van der Waals surface area contributed by atoms with Crippen LogP contribution < -0.4 is 5.32 Å². The number of nitrogens with one attached hydrogen (secondary N) is 1. The van der Waals surface area contributed by atoms with E-state index in [1.807, 2.05) is 36.4 Å². The molecule has 34 heavy (non-hydrogen) atoms. The van der Waals surface area contributed by atoms with Gasteiger partial charge < -0.3 is 25.4 Å². The van der Waals surface area contributed by atoms with Gasteiger partial charge >= 0.3 is 12.1 Å². The number of rotatable bonds is 8. The molecule has 7 nitrogen and oxygen atoms in total. The van der Waals surface area contributed by atoms with Crippen molar-refractivity contribution in [3.63, 3.8) is 0 Å². The van der Waals surface area contributed by atoms with Gasteiger partial charge in [0.1, 0.15) is 18.8 Å². The number of ether oxygens (including phenoxy) is 1. The summed E-state index contributed by atoms with van der Waals surface area (Å²) in [5.74, 6) is -1.21. The van der Waals surface area contributed by atoms with Crippen molar-refractivity contribution in [1.82, 2.24) is 5.32 Å². The van der Waals surface area contributed by atoms with E-state index in [1.165, 1.54) is 6.08 Å². The lowest BCUT2D eigenvalue weighted by molar-refractivity contribution is -0.131. The minimum absolute atomic E-state index is 0.0819. The molecule has 7 heteroatoms. The average molecular weight is 459 g/mol. The van der Waals surface area contributed by atoms with Crippen LogP contribution in [0.4, 0.5) is 4.79 Å². The Morgan fingerprint density at radius 3 is 2.15 bits per heavy atom. The van der Waals surface area contributed by atoms with Gasteiger partial charge in [0.2, 0.25) is 0 Å². The summed E-state index contributed by atoms with van der Waals surface area (Å²) >= 11 is 0. The Morgan fingerprint density at radius 1 is 0.912 bits per heavy atom. The lowest BCUT2D eigenvalue weighted by Gasteiger charge is -2.21. The minimum Gasteiger partial charge on any atom is -0.478 e. The Bertz CT molecular complexity index is 1180. The predicted molar refractivity (Wildman–Crippen MR) is 127 cm³/mol. The Kier molecular flexibility index (Phi) is 7.06. The fraction of sp³-hybridized carbons (Fsp3) is 0.185. The van der Waals surface area contributed by atoms with Crippen molar-refractivity contribution >= 4 is 18.1 Å². The molecule has 0 aliphatic heterocycles. The van der Waals surface area contributed by atoms with E-state index >= 15 is 0 Å². The van der Waals surface area contributed by atoms with Gasteiger partial charge in [-0.15, -0.1) is 0 Å². The number of hydrogen-bond donors (Lipinski definition) is 4. The maximum Gasteiger partial charge on any atom is 0.407 e. The molecule has 0 saturated heterocycles. The molecule has 1 aliphatic rings. The van der Waals surface area contributed by atoms with Gasteiger partial charge in [-0.2, -0.15) is 0 Å². The van der Waals surface area contributed by atoms with E-state index in [1.54, 1.807) is 24.3 Å². The highest BCUT2D eigenvalue weighted by Crippen LogP contribution is 2.44. The van der Waals surface area contributed by atoms with Gasteiger partial charge in [0.05, 0.1) is 0 Å². The lowest BCUT2D eigenvalue weighted by Crippen LogP contribution is -2.36. The standard InChI is InChI=1S/C27H25NO6/c29-24(26(32)18-8-2-1-7-17(18)13-14-25(30)31)15-28-27(33)34-16-23-21-11-5-3-9-19(21)20-10-4-6-12-22(20)23/h1-14,23-24,26,29,32H,15-16H2,(H,28,33)(H,30,31)/b14-13+. The zero-order chi connectivity index (χ0) is 24.1.